The minimum atomic E-state index is 0.120. The van der Waals surface area contributed by atoms with E-state index in [1.165, 1.54) is 33.5 Å². The van der Waals surface area contributed by atoms with Gasteiger partial charge in [0.25, 0.3) is 0 Å². The van der Waals surface area contributed by atoms with Gasteiger partial charge in [0, 0.05) is 17.0 Å². The molecule has 0 bridgehead atoms. The van der Waals surface area contributed by atoms with Gasteiger partial charge in [0.2, 0.25) is 5.88 Å². The summed E-state index contributed by atoms with van der Waals surface area (Å²) in [7, 11) is 0. The molecule has 4 aromatic carbocycles. The van der Waals surface area contributed by atoms with Crippen molar-refractivity contribution in [2.45, 2.75) is 84.2 Å². The van der Waals surface area contributed by atoms with E-state index in [2.05, 4.69) is 100.0 Å². The lowest BCUT2D eigenvalue weighted by atomic mass is 9.82. The molecule has 1 aromatic heterocycles. The second kappa shape index (κ2) is 11.9. The first-order valence-electron chi connectivity index (χ1n) is 16.7. The van der Waals surface area contributed by atoms with Crippen molar-refractivity contribution in [3.05, 3.63) is 124 Å². The summed E-state index contributed by atoms with van der Waals surface area (Å²) in [6.07, 6.45) is 2.05. The number of nitrogens with zero attached hydrogens (tertiary/aromatic N) is 3. The van der Waals surface area contributed by atoms with Crippen molar-refractivity contribution in [2.75, 3.05) is 4.90 Å². The molecular formula is C41H43N3O2. The Balaban J connectivity index is 1.38. The van der Waals surface area contributed by atoms with Crippen LogP contribution < -0.4 is 9.64 Å². The first kappa shape index (κ1) is 30.0. The van der Waals surface area contributed by atoms with Crippen LogP contribution in [0.4, 0.5) is 5.69 Å². The first-order chi connectivity index (χ1) is 22.2. The molecule has 0 saturated heterocycles. The average molecular weight is 610 g/mol. The van der Waals surface area contributed by atoms with Crippen LogP contribution in [-0.2, 0) is 6.42 Å². The normalized spacial score (nSPS) is 17.5. The summed E-state index contributed by atoms with van der Waals surface area (Å²) in [5, 5.41) is 11.3. The zero-order valence-corrected chi connectivity index (χ0v) is 27.7. The lowest BCUT2D eigenvalue weighted by molar-refractivity contribution is 0.460. The number of pyridine rings is 1. The second-order valence-electron chi connectivity index (χ2n) is 13.7. The minimum Gasteiger partial charge on any atom is -0.506 e. The standard InChI is InChI=1S/C41H43N3O2/c1-24(2)30-22-33(25(3)4)39(34(23-30)26(5)6)44-40-32-15-8-7-11-27(32)17-19-35(40)42-41(44)29-13-9-14-31(21-29)46-37-20-18-28-12-10-16-36(45)38(28)43-37/h7-16,18,20-26,35,40,45H,17,19H2,1-6H3/t35-,40?/m0/s1. The number of rotatable bonds is 7. The number of anilines is 1. The number of phenolic OH excluding ortho intramolecular Hbond substituents is 1. The van der Waals surface area contributed by atoms with Crippen molar-refractivity contribution in [1.82, 2.24) is 4.98 Å². The van der Waals surface area contributed by atoms with Crippen LogP contribution >= 0.6 is 0 Å². The molecule has 1 aliphatic carbocycles. The summed E-state index contributed by atoms with van der Waals surface area (Å²) >= 11 is 0. The molecule has 234 valence electrons. The number of benzene rings is 4. The molecule has 0 radical (unpaired) electrons. The molecule has 5 heteroatoms. The average Bonchev–Trinajstić information content (AvgIpc) is 3.44. The SMILES string of the molecule is CC(C)c1cc(C(C)C)c(N2C(c3cccc(Oc4ccc5cccc(O)c5n4)c3)=N[C@H]3CCc4ccccc4C32)c(C(C)C)c1. The largest absolute Gasteiger partial charge is 0.506 e. The topological polar surface area (TPSA) is 58.0 Å². The molecule has 7 rings (SSSR count). The predicted molar refractivity (Wildman–Crippen MR) is 189 cm³/mol. The van der Waals surface area contributed by atoms with E-state index in [4.69, 9.17) is 9.73 Å². The van der Waals surface area contributed by atoms with Crippen LogP contribution in [0.1, 0.15) is 105 Å². The first-order valence-corrected chi connectivity index (χ1v) is 16.7. The number of phenols is 1. The Kier molecular flexibility index (Phi) is 7.80. The molecule has 0 saturated carbocycles. The second-order valence-corrected chi connectivity index (χ2v) is 13.7. The maximum absolute atomic E-state index is 10.4. The molecule has 1 aliphatic heterocycles. The number of para-hydroxylation sites is 1. The zero-order chi connectivity index (χ0) is 32.1. The van der Waals surface area contributed by atoms with Gasteiger partial charge in [-0.05, 0) is 82.7 Å². The van der Waals surface area contributed by atoms with Crippen LogP contribution in [0, 0.1) is 0 Å². The summed E-state index contributed by atoms with van der Waals surface area (Å²) in [5.41, 5.74) is 9.78. The molecule has 5 nitrogen and oxygen atoms in total. The van der Waals surface area contributed by atoms with Crippen molar-refractivity contribution in [2.24, 2.45) is 4.99 Å². The fraction of sp³-hybridized carbons (Fsp3) is 0.317. The van der Waals surface area contributed by atoms with Gasteiger partial charge in [0.15, 0.2) is 0 Å². The Morgan fingerprint density at radius 3 is 2.26 bits per heavy atom. The van der Waals surface area contributed by atoms with Crippen LogP contribution in [0.2, 0.25) is 0 Å². The predicted octanol–water partition coefficient (Wildman–Crippen LogP) is 10.4. The van der Waals surface area contributed by atoms with Gasteiger partial charge >= 0.3 is 0 Å². The van der Waals surface area contributed by atoms with E-state index in [0.29, 0.717) is 34.9 Å². The number of aromatic hydroxyl groups is 1. The van der Waals surface area contributed by atoms with Crippen molar-refractivity contribution >= 4 is 22.4 Å². The maximum Gasteiger partial charge on any atom is 0.219 e. The quantitative estimate of drug-likeness (QED) is 0.199. The number of fused-ring (bicyclic) bond motifs is 4. The molecule has 0 fully saturated rings. The highest BCUT2D eigenvalue weighted by Crippen LogP contribution is 2.49. The Morgan fingerprint density at radius 2 is 1.52 bits per heavy atom. The van der Waals surface area contributed by atoms with Crippen molar-refractivity contribution < 1.29 is 9.84 Å². The molecule has 2 heterocycles. The number of aryl methyl sites for hydroxylation is 1. The molecular weight excluding hydrogens is 566 g/mol. The van der Waals surface area contributed by atoms with E-state index >= 15 is 0 Å². The highest BCUT2D eigenvalue weighted by molar-refractivity contribution is 6.13. The van der Waals surface area contributed by atoms with E-state index in [1.54, 1.807) is 6.07 Å². The van der Waals surface area contributed by atoms with Crippen molar-refractivity contribution in [3.63, 3.8) is 0 Å². The van der Waals surface area contributed by atoms with Crippen LogP contribution in [0.15, 0.2) is 96.0 Å². The van der Waals surface area contributed by atoms with Gasteiger partial charge in [-0.3, -0.25) is 4.99 Å². The Labute approximate surface area is 272 Å². The van der Waals surface area contributed by atoms with E-state index in [9.17, 15) is 5.11 Å². The lowest BCUT2D eigenvalue weighted by Crippen LogP contribution is -2.37. The third kappa shape index (κ3) is 5.32. The highest BCUT2D eigenvalue weighted by atomic mass is 16.5. The van der Waals surface area contributed by atoms with Gasteiger partial charge in [-0.15, -0.1) is 0 Å². The summed E-state index contributed by atoms with van der Waals surface area (Å²) in [6.45, 7) is 13.8. The zero-order valence-electron chi connectivity index (χ0n) is 27.7. The van der Waals surface area contributed by atoms with Crippen LogP contribution in [0.25, 0.3) is 10.9 Å². The van der Waals surface area contributed by atoms with Crippen LogP contribution in [0.5, 0.6) is 17.4 Å². The van der Waals surface area contributed by atoms with E-state index in [-0.39, 0.29) is 17.8 Å². The number of amidine groups is 1. The third-order valence-electron chi connectivity index (χ3n) is 9.57. The number of ether oxygens (including phenoxy) is 1. The van der Waals surface area contributed by atoms with E-state index in [1.807, 2.05) is 36.4 Å². The molecule has 1 unspecified atom stereocenters. The maximum atomic E-state index is 10.4. The number of aromatic nitrogens is 1. The smallest absolute Gasteiger partial charge is 0.219 e. The number of hydrogen-bond acceptors (Lipinski definition) is 5. The molecule has 2 atom stereocenters. The molecule has 5 aromatic rings. The minimum absolute atomic E-state index is 0.120. The molecule has 1 N–H and O–H groups in total. The van der Waals surface area contributed by atoms with E-state index in [0.717, 1.165) is 29.6 Å². The van der Waals surface area contributed by atoms with Gasteiger partial charge in [-0.1, -0.05) is 102 Å². The molecule has 2 aliphatic rings. The molecule has 0 amide bonds. The third-order valence-corrected chi connectivity index (χ3v) is 9.57. The highest BCUT2D eigenvalue weighted by Gasteiger charge is 2.43. The Morgan fingerprint density at radius 1 is 0.783 bits per heavy atom. The summed E-state index contributed by atoms with van der Waals surface area (Å²) in [6, 6.07) is 31.5. The van der Waals surface area contributed by atoms with Gasteiger partial charge in [-0.25, -0.2) is 4.98 Å². The number of hydrogen-bond donors (Lipinski definition) is 1. The van der Waals surface area contributed by atoms with Crippen LogP contribution in [-0.4, -0.2) is 22.0 Å². The van der Waals surface area contributed by atoms with E-state index < -0.39 is 0 Å². The van der Waals surface area contributed by atoms with Gasteiger partial charge in [0.1, 0.15) is 22.9 Å². The van der Waals surface area contributed by atoms with Crippen molar-refractivity contribution in [1.29, 1.82) is 0 Å². The summed E-state index contributed by atoms with van der Waals surface area (Å²) in [5.74, 6) is 3.38. The fourth-order valence-electron chi connectivity index (χ4n) is 7.16. The number of aliphatic imine (C=N–C) groups is 1. The molecule has 0 spiro atoms. The van der Waals surface area contributed by atoms with Gasteiger partial charge in [0.05, 0.1) is 17.8 Å². The molecule has 46 heavy (non-hydrogen) atoms. The van der Waals surface area contributed by atoms with Gasteiger partial charge in [-0.2, -0.15) is 0 Å². The summed E-state index contributed by atoms with van der Waals surface area (Å²) in [4.78, 5) is 12.7. The van der Waals surface area contributed by atoms with Gasteiger partial charge < -0.3 is 14.7 Å². The monoisotopic (exact) mass is 609 g/mol. The fourth-order valence-corrected chi connectivity index (χ4v) is 7.16. The van der Waals surface area contributed by atoms with Crippen molar-refractivity contribution in [3.8, 4) is 17.4 Å². The summed E-state index contributed by atoms with van der Waals surface area (Å²) < 4.78 is 6.33. The lowest BCUT2D eigenvalue weighted by Gasteiger charge is -2.38. The van der Waals surface area contributed by atoms with Crippen LogP contribution in [0.3, 0.4) is 0 Å². The Bertz CT molecular complexity index is 1930. The Hall–Kier alpha value is -4.64.